The van der Waals surface area contributed by atoms with Crippen LogP contribution in [0.2, 0.25) is 0 Å². The molecule has 1 aromatic rings. The van der Waals surface area contributed by atoms with E-state index in [1.165, 1.54) is 24.3 Å². The number of piperazine rings is 1. The highest BCUT2D eigenvalue weighted by Gasteiger charge is 2.45. The minimum Gasteiger partial charge on any atom is -0.480 e. The Morgan fingerprint density at radius 2 is 1.85 bits per heavy atom. The van der Waals surface area contributed by atoms with E-state index in [1.54, 1.807) is 0 Å². The molecule has 0 spiro atoms. The molecule has 2 amide bonds. The van der Waals surface area contributed by atoms with Crippen LogP contribution in [0.25, 0.3) is 0 Å². The summed E-state index contributed by atoms with van der Waals surface area (Å²) in [6.07, 6.45) is 1.47. The maximum atomic E-state index is 12.6. The SMILES string of the molecule is O=C1CN(S(=O)(=O)c2ccc(C(=O)NC3(C(=O)O)CCC3)cc2)CCN1. The van der Waals surface area contributed by atoms with Gasteiger partial charge in [-0.2, -0.15) is 4.31 Å². The van der Waals surface area contributed by atoms with E-state index < -0.39 is 27.4 Å². The van der Waals surface area contributed by atoms with Crippen LogP contribution in [0.3, 0.4) is 0 Å². The van der Waals surface area contributed by atoms with Gasteiger partial charge in [-0.15, -0.1) is 0 Å². The summed E-state index contributed by atoms with van der Waals surface area (Å²) < 4.78 is 26.2. The van der Waals surface area contributed by atoms with Crippen LogP contribution in [-0.2, 0) is 19.6 Å². The van der Waals surface area contributed by atoms with Crippen molar-refractivity contribution in [2.75, 3.05) is 19.6 Å². The van der Waals surface area contributed by atoms with Crippen LogP contribution in [0.1, 0.15) is 29.6 Å². The van der Waals surface area contributed by atoms with Crippen molar-refractivity contribution in [2.24, 2.45) is 0 Å². The first kappa shape index (κ1) is 18.3. The Hall–Kier alpha value is -2.46. The second-order valence-corrected chi connectivity index (χ2v) is 8.35. The van der Waals surface area contributed by atoms with Gasteiger partial charge < -0.3 is 15.7 Å². The van der Waals surface area contributed by atoms with Crippen LogP contribution in [-0.4, -0.2) is 60.8 Å². The molecule has 26 heavy (non-hydrogen) atoms. The van der Waals surface area contributed by atoms with Gasteiger partial charge in [0, 0.05) is 18.7 Å². The van der Waals surface area contributed by atoms with Gasteiger partial charge in [0.1, 0.15) is 5.54 Å². The zero-order valence-electron chi connectivity index (χ0n) is 13.9. The first-order chi connectivity index (χ1) is 12.2. The predicted molar refractivity (Wildman–Crippen MR) is 89.9 cm³/mol. The third kappa shape index (κ3) is 3.29. The first-order valence-electron chi connectivity index (χ1n) is 8.17. The molecule has 2 aliphatic rings. The van der Waals surface area contributed by atoms with Crippen LogP contribution < -0.4 is 10.6 Å². The molecule has 3 rings (SSSR count). The number of amides is 2. The zero-order valence-corrected chi connectivity index (χ0v) is 14.7. The molecule has 2 fully saturated rings. The Kier molecular flexibility index (Phi) is 4.72. The van der Waals surface area contributed by atoms with Gasteiger partial charge in [0.05, 0.1) is 11.4 Å². The molecule has 0 atom stereocenters. The number of rotatable bonds is 5. The lowest BCUT2D eigenvalue weighted by atomic mass is 9.76. The Labute approximate surface area is 150 Å². The Morgan fingerprint density at radius 3 is 2.35 bits per heavy atom. The average Bonchev–Trinajstić information content (AvgIpc) is 2.57. The van der Waals surface area contributed by atoms with E-state index in [0.717, 1.165) is 10.7 Å². The Bertz CT molecular complexity index is 845. The summed E-state index contributed by atoms with van der Waals surface area (Å²) >= 11 is 0. The number of carbonyl (C=O) groups is 3. The van der Waals surface area contributed by atoms with Crippen LogP contribution in [0.15, 0.2) is 29.2 Å². The molecule has 0 aromatic heterocycles. The molecule has 10 heteroatoms. The van der Waals surface area contributed by atoms with Crippen LogP contribution in [0.5, 0.6) is 0 Å². The second kappa shape index (κ2) is 6.69. The largest absolute Gasteiger partial charge is 0.480 e. The normalized spacial score (nSPS) is 19.9. The van der Waals surface area contributed by atoms with Gasteiger partial charge in [-0.3, -0.25) is 9.59 Å². The Balaban J connectivity index is 1.74. The molecule has 1 saturated carbocycles. The average molecular weight is 381 g/mol. The van der Waals surface area contributed by atoms with Gasteiger partial charge >= 0.3 is 5.97 Å². The third-order valence-corrected chi connectivity index (χ3v) is 6.59. The number of benzene rings is 1. The molecule has 3 N–H and O–H groups in total. The van der Waals surface area contributed by atoms with Gasteiger partial charge in [-0.05, 0) is 43.5 Å². The van der Waals surface area contributed by atoms with Crippen molar-refractivity contribution in [3.63, 3.8) is 0 Å². The number of nitrogens with zero attached hydrogens (tertiary/aromatic N) is 1. The lowest BCUT2D eigenvalue weighted by molar-refractivity contribution is -0.148. The van der Waals surface area contributed by atoms with Crippen molar-refractivity contribution < 1.29 is 27.9 Å². The first-order valence-corrected chi connectivity index (χ1v) is 9.61. The summed E-state index contributed by atoms with van der Waals surface area (Å²) in [5.74, 6) is -2.00. The van der Waals surface area contributed by atoms with Crippen molar-refractivity contribution >= 4 is 27.8 Å². The summed E-state index contributed by atoms with van der Waals surface area (Å²) in [5, 5.41) is 14.3. The summed E-state index contributed by atoms with van der Waals surface area (Å²) in [7, 11) is -3.83. The molecular formula is C16H19N3O6S. The van der Waals surface area contributed by atoms with E-state index in [1.807, 2.05) is 0 Å². The van der Waals surface area contributed by atoms with Crippen LogP contribution in [0.4, 0.5) is 0 Å². The molecule has 1 aliphatic carbocycles. The second-order valence-electron chi connectivity index (χ2n) is 6.41. The Morgan fingerprint density at radius 1 is 1.19 bits per heavy atom. The minimum atomic E-state index is -3.83. The van der Waals surface area contributed by atoms with Gasteiger partial charge in [-0.1, -0.05) is 0 Å². The van der Waals surface area contributed by atoms with E-state index in [0.29, 0.717) is 12.8 Å². The summed E-state index contributed by atoms with van der Waals surface area (Å²) in [5.41, 5.74) is -1.06. The molecule has 0 radical (unpaired) electrons. The standard InChI is InChI=1S/C16H19N3O6S/c20-13-10-19(9-8-17-13)26(24,25)12-4-2-11(3-5-12)14(21)18-16(15(22)23)6-1-7-16/h2-5H,1,6-10H2,(H,17,20)(H,18,21)(H,22,23). The fraction of sp³-hybridized carbons (Fsp3) is 0.438. The quantitative estimate of drug-likeness (QED) is 0.632. The minimum absolute atomic E-state index is 0.0275. The van der Waals surface area contributed by atoms with Crippen LogP contribution >= 0.6 is 0 Å². The molecule has 140 valence electrons. The molecule has 0 unspecified atom stereocenters. The smallest absolute Gasteiger partial charge is 0.329 e. The van der Waals surface area contributed by atoms with Crippen molar-refractivity contribution in [3.05, 3.63) is 29.8 Å². The fourth-order valence-corrected chi connectivity index (χ4v) is 4.36. The topological polar surface area (TPSA) is 133 Å². The molecule has 1 saturated heterocycles. The number of carboxylic acids is 1. The highest BCUT2D eigenvalue weighted by Crippen LogP contribution is 2.32. The van der Waals surface area contributed by atoms with Gasteiger partial charge in [-0.25, -0.2) is 13.2 Å². The van der Waals surface area contributed by atoms with Gasteiger partial charge in [0.2, 0.25) is 15.9 Å². The van der Waals surface area contributed by atoms with E-state index in [9.17, 15) is 27.9 Å². The predicted octanol–water partition coefficient (Wildman–Crippen LogP) is -0.456. The van der Waals surface area contributed by atoms with E-state index in [2.05, 4.69) is 10.6 Å². The van der Waals surface area contributed by atoms with E-state index >= 15 is 0 Å². The summed E-state index contributed by atoms with van der Waals surface area (Å²) in [6, 6.07) is 5.23. The number of sulfonamides is 1. The number of hydrogen-bond donors (Lipinski definition) is 3. The number of carbonyl (C=O) groups excluding carboxylic acids is 2. The van der Waals surface area contributed by atoms with Crippen molar-refractivity contribution in [3.8, 4) is 0 Å². The lowest BCUT2D eigenvalue weighted by Crippen LogP contribution is -2.59. The lowest BCUT2D eigenvalue weighted by Gasteiger charge is -2.38. The van der Waals surface area contributed by atoms with Crippen molar-refractivity contribution in [1.82, 2.24) is 14.9 Å². The maximum absolute atomic E-state index is 12.6. The molecule has 1 aromatic carbocycles. The zero-order chi connectivity index (χ0) is 18.9. The molecular weight excluding hydrogens is 362 g/mol. The van der Waals surface area contributed by atoms with Gasteiger partial charge in [0.25, 0.3) is 5.91 Å². The number of carboxylic acid groups (broad SMARTS) is 1. The molecule has 9 nitrogen and oxygen atoms in total. The summed E-state index contributed by atoms with van der Waals surface area (Å²) in [6.45, 7) is 0.180. The van der Waals surface area contributed by atoms with E-state index in [4.69, 9.17) is 0 Å². The number of hydrogen-bond acceptors (Lipinski definition) is 5. The fourth-order valence-electron chi connectivity index (χ4n) is 2.96. The van der Waals surface area contributed by atoms with Crippen molar-refractivity contribution in [1.29, 1.82) is 0 Å². The number of aliphatic carboxylic acids is 1. The van der Waals surface area contributed by atoms with Gasteiger partial charge in [0.15, 0.2) is 0 Å². The third-order valence-electron chi connectivity index (χ3n) is 4.73. The van der Waals surface area contributed by atoms with E-state index in [-0.39, 0.29) is 36.0 Å². The highest BCUT2D eigenvalue weighted by molar-refractivity contribution is 7.89. The monoisotopic (exact) mass is 381 g/mol. The maximum Gasteiger partial charge on any atom is 0.329 e. The van der Waals surface area contributed by atoms with Crippen LogP contribution in [0, 0.1) is 0 Å². The van der Waals surface area contributed by atoms with Crippen molar-refractivity contribution in [2.45, 2.75) is 29.7 Å². The summed E-state index contributed by atoms with van der Waals surface area (Å²) in [4.78, 5) is 35.0. The molecule has 0 bridgehead atoms. The highest BCUT2D eigenvalue weighted by atomic mass is 32.2. The molecule has 1 heterocycles. The number of nitrogens with one attached hydrogen (secondary N) is 2. The molecule has 1 aliphatic heterocycles.